The van der Waals surface area contributed by atoms with Crippen molar-refractivity contribution >= 4 is 99.8 Å². The van der Waals surface area contributed by atoms with Gasteiger partial charge in [-0.15, -0.1) is 12.4 Å². The average Bonchev–Trinajstić information content (AvgIpc) is 1.63. The third-order valence-electron chi connectivity index (χ3n) is 23.0. The summed E-state index contributed by atoms with van der Waals surface area (Å²) in [5.74, 6) is -9.52. The molecule has 5 heterocycles. The van der Waals surface area contributed by atoms with E-state index in [4.69, 9.17) is 14.0 Å². The van der Waals surface area contributed by atoms with Crippen molar-refractivity contribution < 1.29 is 62.3 Å². The molecule has 2 aromatic heterocycles. The minimum Gasteiger partial charge on any atom is -0.450 e. The Balaban J connectivity index is 0.000000709. The van der Waals surface area contributed by atoms with Crippen LogP contribution in [0.2, 0.25) is 0 Å². The number of cyclic esters (lactones) is 1. The van der Waals surface area contributed by atoms with E-state index in [-0.39, 0.29) is 87.0 Å². The predicted octanol–water partition coefficient (Wildman–Crippen LogP) is 10.4. The molecule has 0 spiro atoms. The second-order valence-corrected chi connectivity index (χ2v) is 33.1. The number of aromatic nitrogens is 4. The van der Waals surface area contributed by atoms with Crippen LogP contribution in [0.1, 0.15) is 167 Å². The van der Waals surface area contributed by atoms with E-state index in [1.807, 2.05) is 158 Å². The van der Waals surface area contributed by atoms with Gasteiger partial charge in [0.2, 0.25) is 29.5 Å². The molecule has 25 heteroatoms. The van der Waals surface area contributed by atoms with E-state index in [1.165, 1.54) is 54.6 Å². The Kier molecular flexibility index (Phi) is 29.6. The average molecular weight is 1520 g/mol. The molecule has 3 unspecified atom stereocenters. The molecule has 3 saturated heterocycles. The zero-order valence-corrected chi connectivity index (χ0v) is 69.1. The van der Waals surface area contributed by atoms with Crippen LogP contribution >= 0.6 is 12.4 Å². The van der Waals surface area contributed by atoms with Crippen LogP contribution in [0.4, 0.5) is 0 Å². The number of likely N-dealkylation sites (N-methyl/N-ethyl adjacent to an activating group) is 4. The maximum absolute atomic E-state index is 15.8. The summed E-state index contributed by atoms with van der Waals surface area (Å²) in [4.78, 5) is 144. The molecule has 3 aliphatic heterocycles. The molecule has 109 heavy (non-hydrogen) atoms. The highest BCUT2D eigenvalue weighted by Crippen LogP contribution is 2.38. The minimum absolute atomic E-state index is 0. The number of Topliss-reactive ketones (excluding diaryl/α,β-unsaturated/α-hetero) is 2. The number of carbonyl (C=O) groups is 9. The number of ketones is 2. The lowest BCUT2D eigenvalue weighted by Crippen LogP contribution is -2.61. The maximum Gasteiger partial charge on any atom is 0.495 e. The third kappa shape index (κ3) is 19.9. The number of amides is 6. The number of nitrogens with one attached hydrogen (secondary N) is 1. The molecule has 0 aliphatic carbocycles. The summed E-state index contributed by atoms with van der Waals surface area (Å²) in [6.45, 7) is 29.4. The van der Waals surface area contributed by atoms with Crippen LogP contribution in [0, 0.1) is 41.4 Å². The van der Waals surface area contributed by atoms with Gasteiger partial charge < -0.3 is 49.0 Å². The molecule has 23 nitrogen and oxygen atoms in total. The lowest BCUT2D eigenvalue weighted by molar-refractivity contribution is -0.178. The SMILES string of the molecule is CCC(C)[C@@H]1CC(=O)[C@@H]2CCCN2C(=O)[C@H](Cc2cccc(-c3cccc4c3cnn4C)c2)N(C)C(=O)[C@H](Cc2ccccc2)NC(=O)[C@H](C(C)C)N(C)C(=O)[C@@H](C(C)CC)OC(=O)[C@H](C(C)(C)O)N(C)C(=O)C(CC(C)C)CC(=O)[C@H](C(C)C)N(C)C1=O.Cl.Cn1ncc2c(B3OC(C)(C)C(C)(C)O3)cccc21. The first-order chi connectivity index (χ1) is 50.7. The van der Waals surface area contributed by atoms with Crippen molar-refractivity contribution in [2.75, 3.05) is 34.7 Å². The normalized spacial score (nSPS) is 24.2. The van der Waals surface area contributed by atoms with Crippen LogP contribution in [0.3, 0.4) is 0 Å². The van der Waals surface area contributed by atoms with Gasteiger partial charge in [0.25, 0.3) is 5.91 Å². The zero-order chi connectivity index (χ0) is 79.9. The fourth-order valence-electron chi connectivity index (χ4n) is 15.8. The van der Waals surface area contributed by atoms with Gasteiger partial charge in [0.05, 0.1) is 52.3 Å². The molecule has 3 aliphatic rings. The van der Waals surface area contributed by atoms with Crippen molar-refractivity contribution in [2.24, 2.45) is 55.5 Å². The molecule has 0 saturated carbocycles. The monoisotopic (exact) mass is 1520 g/mol. The maximum atomic E-state index is 15.8. The van der Waals surface area contributed by atoms with Crippen molar-refractivity contribution in [3.63, 3.8) is 0 Å². The van der Waals surface area contributed by atoms with E-state index >= 15 is 28.8 Å². The summed E-state index contributed by atoms with van der Waals surface area (Å²) >= 11 is 0. The highest BCUT2D eigenvalue weighted by molar-refractivity contribution is 6.65. The van der Waals surface area contributed by atoms with E-state index in [0.717, 1.165) is 43.3 Å². The van der Waals surface area contributed by atoms with Crippen LogP contribution in [0.5, 0.6) is 0 Å². The molecule has 0 bridgehead atoms. The number of benzene rings is 4. The van der Waals surface area contributed by atoms with E-state index in [0.29, 0.717) is 36.8 Å². The number of halogens is 1. The number of rotatable bonds is 15. The number of esters is 1. The number of aliphatic hydroxyl groups is 1. The molecule has 3 fully saturated rings. The molecular weight excluding hydrogens is 1400 g/mol. The lowest BCUT2D eigenvalue weighted by Gasteiger charge is -2.39. The van der Waals surface area contributed by atoms with Gasteiger partial charge in [-0.05, 0) is 131 Å². The van der Waals surface area contributed by atoms with E-state index in [1.54, 1.807) is 38.7 Å². The first-order valence-corrected chi connectivity index (χ1v) is 38.6. The highest BCUT2D eigenvalue weighted by Gasteiger charge is 2.53. The Morgan fingerprint density at radius 1 is 0.606 bits per heavy atom. The molecule has 4 aromatic carbocycles. The van der Waals surface area contributed by atoms with Gasteiger partial charge in [0, 0.05) is 103 Å². The first-order valence-electron chi connectivity index (χ1n) is 38.6. The molecule has 6 aromatic rings. The van der Waals surface area contributed by atoms with Crippen LogP contribution in [-0.2, 0) is 84.1 Å². The number of hydrogen-bond donors (Lipinski definition) is 2. The Hall–Kier alpha value is -8.32. The Morgan fingerprint density at radius 2 is 1.17 bits per heavy atom. The molecule has 594 valence electrons. The van der Waals surface area contributed by atoms with Crippen molar-refractivity contribution in [3.05, 3.63) is 115 Å². The van der Waals surface area contributed by atoms with Crippen molar-refractivity contribution in [1.82, 2.24) is 49.4 Å². The topological polar surface area (TPSA) is 265 Å². The second kappa shape index (κ2) is 36.7. The van der Waals surface area contributed by atoms with Crippen molar-refractivity contribution in [3.8, 4) is 11.1 Å². The molecule has 2 N–H and O–H groups in total. The van der Waals surface area contributed by atoms with Gasteiger partial charge in [-0.1, -0.05) is 155 Å². The number of ether oxygens (including phenoxy) is 1. The van der Waals surface area contributed by atoms with E-state index < -0.39 is 125 Å². The third-order valence-corrected chi connectivity index (χ3v) is 23.0. The number of aryl methyl sites for hydroxylation is 2. The van der Waals surface area contributed by atoms with Crippen LogP contribution in [0.15, 0.2) is 103 Å². The van der Waals surface area contributed by atoms with Gasteiger partial charge in [-0.3, -0.25) is 47.7 Å². The van der Waals surface area contributed by atoms with E-state index in [2.05, 4.69) is 49.3 Å². The molecule has 11 atom stereocenters. The van der Waals surface area contributed by atoms with Crippen molar-refractivity contribution in [2.45, 2.75) is 228 Å². The van der Waals surface area contributed by atoms with Gasteiger partial charge >= 0.3 is 13.1 Å². The largest absolute Gasteiger partial charge is 0.495 e. The smallest absolute Gasteiger partial charge is 0.450 e. The molecule has 6 amide bonds. The Labute approximate surface area is 651 Å². The van der Waals surface area contributed by atoms with Crippen LogP contribution in [-0.4, -0.2) is 203 Å². The van der Waals surface area contributed by atoms with Gasteiger partial charge in [-0.2, -0.15) is 10.2 Å². The van der Waals surface area contributed by atoms with Crippen LogP contribution < -0.4 is 10.8 Å². The van der Waals surface area contributed by atoms with E-state index in [9.17, 15) is 19.5 Å². The first kappa shape index (κ1) is 87.9. The Morgan fingerprint density at radius 3 is 1.74 bits per heavy atom. The lowest BCUT2D eigenvalue weighted by atomic mass is 9.77. The summed E-state index contributed by atoms with van der Waals surface area (Å²) < 4.78 is 22.0. The quantitative estimate of drug-likeness (QED) is 0.0715. The zero-order valence-electron chi connectivity index (χ0n) is 68.3. The summed E-state index contributed by atoms with van der Waals surface area (Å²) in [5.41, 5.74) is 3.63. The number of carbonyl (C=O) groups excluding carboxylic acids is 9. The minimum atomic E-state index is -1.95. The second-order valence-electron chi connectivity index (χ2n) is 33.1. The van der Waals surface area contributed by atoms with Gasteiger partial charge in [0.1, 0.15) is 18.1 Å². The fourth-order valence-corrected chi connectivity index (χ4v) is 15.8. The predicted molar refractivity (Wildman–Crippen MR) is 427 cm³/mol. The summed E-state index contributed by atoms with van der Waals surface area (Å²) in [6, 6.07) is 21.4. The van der Waals surface area contributed by atoms with Gasteiger partial charge in [0.15, 0.2) is 23.7 Å². The van der Waals surface area contributed by atoms with Gasteiger partial charge in [-0.25, -0.2) is 4.79 Å². The summed E-state index contributed by atoms with van der Waals surface area (Å²) in [5, 5.41) is 25.6. The number of fused-ring (bicyclic) bond motifs is 3. The highest BCUT2D eigenvalue weighted by atomic mass is 35.5. The molecule has 0 radical (unpaired) electrons. The number of hydrogen-bond acceptors (Lipinski definition) is 15. The molecule has 9 rings (SSSR count). The Bertz CT molecular complexity index is 4190. The standard InChI is InChI=1S/C70H100N8O11.C14H19BN2O2.ClH/c1-18-44(9)51-39-57(79)55-32-25-33-78(55)67(85)56(37-47-28-23-29-48(35-47)50-30-24-31-54-52(50)40-71-77(54)17)73(13)66(84)53(36-46-26-21-20-22-27-46)72-63(81)60(43(7)8)75(15)68(86)61(45(10)19-2)89-69(87)62(70(11,12)88)76(16)64(82)49(34-41(3)4)38-58(80)59(42(5)6)74(14)65(51)83;1-13(2)14(3,4)19-15(18-13)11-7-6-8-12-10(11)9-16-17(12)5;/h20-24,26-31,35,40-45,49,51,53,55-56,59-62,88H,18-19,25,32-34,36-39H2,1-17H3,(H,72,81);6-9H,1-5H3;1H/t44?,45?,49?,51-,53-,55-,56-,59-,60-,61+,62+;;/m0../s1. The number of nitrogens with zero attached hydrogens (tertiary/aromatic N) is 9. The molecular formula is C84H120BClN10O13. The fraction of sp³-hybridized carbons (Fsp3) is 0.583. The summed E-state index contributed by atoms with van der Waals surface area (Å²) in [7, 11) is 9.33. The summed E-state index contributed by atoms with van der Waals surface area (Å²) in [6.07, 6.45) is 3.39. The van der Waals surface area contributed by atoms with Crippen LogP contribution in [0.25, 0.3) is 32.9 Å². The van der Waals surface area contributed by atoms with Crippen molar-refractivity contribution in [1.29, 1.82) is 0 Å².